The highest BCUT2D eigenvalue weighted by molar-refractivity contribution is 7.88. The Morgan fingerprint density at radius 3 is 2.31 bits per heavy atom. The first kappa shape index (κ1) is 20.1. The zero-order valence-corrected chi connectivity index (χ0v) is 16.4. The number of nitrogens with zero attached hydrogens (tertiary/aromatic N) is 2. The molecule has 0 saturated carbocycles. The lowest BCUT2D eigenvalue weighted by atomic mass is 10.1. The monoisotopic (exact) mass is 374 g/mol. The molecule has 0 radical (unpaired) electrons. The minimum Gasteiger partial charge on any atom is -0.313 e. The highest BCUT2D eigenvalue weighted by Gasteiger charge is 2.21. The number of benzene rings is 2. The van der Waals surface area contributed by atoms with Crippen molar-refractivity contribution in [1.82, 2.24) is 4.31 Å². The van der Waals surface area contributed by atoms with Crippen molar-refractivity contribution in [3.63, 3.8) is 0 Å². The second kappa shape index (κ2) is 8.96. The molecule has 0 spiro atoms. The fourth-order valence-corrected chi connectivity index (χ4v) is 3.65. The van der Waals surface area contributed by atoms with E-state index in [0.717, 1.165) is 16.8 Å². The van der Waals surface area contributed by atoms with Gasteiger partial charge in [-0.3, -0.25) is 4.79 Å². The van der Waals surface area contributed by atoms with Crippen molar-refractivity contribution < 1.29 is 13.2 Å². The standard InChI is InChI=1S/C20H26N2O3S/c1-4-22(19-11-6-5-7-12-19)20(23)13-14-21(26(3,24)25)16-18-10-8-9-17(2)15-18/h5-12,15H,4,13-14,16H2,1-3H3. The van der Waals surface area contributed by atoms with Crippen LogP contribution in [-0.4, -0.2) is 38.0 Å². The maximum atomic E-state index is 12.6. The van der Waals surface area contributed by atoms with Gasteiger partial charge in [0.05, 0.1) is 6.26 Å². The van der Waals surface area contributed by atoms with Crippen LogP contribution in [0.1, 0.15) is 24.5 Å². The molecule has 2 rings (SSSR count). The maximum absolute atomic E-state index is 12.6. The van der Waals surface area contributed by atoms with Crippen LogP contribution in [0.3, 0.4) is 0 Å². The average molecular weight is 375 g/mol. The molecule has 140 valence electrons. The second-order valence-corrected chi connectivity index (χ2v) is 8.29. The highest BCUT2D eigenvalue weighted by Crippen LogP contribution is 2.16. The van der Waals surface area contributed by atoms with Crippen LogP contribution in [0.25, 0.3) is 0 Å². The summed E-state index contributed by atoms with van der Waals surface area (Å²) >= 11 is 0. The summed E-state index contributed by atoms with van der Waals surface area (Å²) < 4.78 is 25.6. The van der Waals surface area contributed by atoms with E-state index in [2.05, 4.69) is 0 Å². The van der Waals surface area contributed by atoms with Crippen LogP contribution in [0.4, 0.5) is 5.69 Å². The van der Waals surface area contributed by atoms with Crippen molar-refractivity contribution in [2.24, 2.45) is 0 Å². The highest BCUT2D eigenvalue weighted by atomic mass is 32.2. The Balaban J connectivity index is 2.08. The van der Waals surface area contributed by atoms with Crippen molar-refractivity contribution in [2.45, 2.75) is 26.8 Å². The Hall–Kier alpha value is -2.18. The fourth-order valence-electron chi connectivity index (χ4n) is 2.84. The Morgan fingerprint density at radius 2 is 1.73 bits per heavy atom. The van der Waals surface area contributed by atoms with Crippen molar-refractivity contribution >= 4 is 21.6 Å². The van der Waals surface area contributed by atoms with E-state index < -0.39 is 10.0 Å². The van der Waals surface area contributed by atoms with E-state index in [1.165, 1.54) is 10.6 Å². The number of carbonyl (C=O) groups is 1. The van der Waals surface area contributed by atoms with Gasteiger partial charge in [-0.2, -0.15) is 4.31 Å². The second-order valence-electron chi connectivity index (χ2n) is 6.31. The number of anilines is 1. The molecule has 0 bridgehead atoms. The molecule has 26 heavy (non-hydrogen) atoms. The Labute approximate surface area is 156 Å². The van der Waals surface area contributed by atoms with Crippen LogP contribution in [0.15, 0.2) is 54.6 Å². The van der Waals surface area contributed by atoms with E-state index in [1.807, 2.05) is 68.4 Å². The number of hydrogen-bond acceptors (Lipinski definition) is 3. The van der Waals surface area contributed by atoms with Gasteiger partial charge in [0.2, 0.25) is 15.9 Å². The normalized spacial score (nSPS) is 11.5. The van der Waals surface area contributed by atoms with Gasteiger partial charge in [-0.1, -0.05) is 48.0 Å². The van der Waals surface area contributed by atoms with Gasteiger partial charge in [0.15, 0.2) is 0 Å². The van der Waals surface area contributed by atoms with Crippen molar-refractivity contribution in [3.05, 3.63) is 65.7 Å². The SMILES string of the molecule is CCN(C(=O)CCN(Cc1cccc(C)c1)S(C)(=O)=O)c1ccccc1. The number of para-hydroxylation sites is 1. The van der Waals surface area contributed by atoms with Gasteiger partial charge in [0, 0.05) is 31.7 Å². The Morgan fingerprint density at radius 1 is 1.04 bits per heavy atom. The van der Waals surface area contributed by atoms with Gasteiger partial charge in [0.25, 0.3) is 0 Å². The third-order valence-electron chi connectivity index (χ3n) is 4.17. The zero-order valence-electron chi connectivity index (χ0n) is 15.6. The summed E-state index contributed by atoms with van der Waals surface area (Å²) in [7, 11) is -3.41. The van der Waals surface area contributed by atoms with E-state index >= 15 is 0 Å². The van der Waals surface area contributed by atoms with Gasteiger partial charge >= 0.3 is 0 Å². The molecular formula is C20H26N2O3S. The third-order valence-corrected chi connectivity index (χ3v) is 5.42. The molecule has 0 saturated heterocycles. The predicted octanol–water partition coefficient (Wildman–Crippen LogP) is 3.20. The van der Waals surface area contributed by atoms with Gasteiger partial charge in [-0.25, -0.2) is 8.42 Å². The summed E-state index contributed by atoms with van der Waals surface area (Å²) in [5.74, 6) is -0.0865. The number of amides is 1. The van der Waals surface area contributed by atoms with Gasteiger partial charge in [0.1, 0.15) is 0 Å². The number of aryl methyl sites for hydroxylation is 1. The lowest BCUT2D eigenvalue weighted by Gasteiger charge is -2.24. The molecule has 0 aliphatic carbocycles. The van der Waals surface area contributed by atoms with Crippen LogP contribution < -0.4 is 4.90 Å². The Kier molecular flexibility index (Phi) is 6.94. The molecule has 0 fully saturated rings. The van der Waals surface area contributed by atoms with E-state index in [1.54, 1.807) is 4.90 Å². The molecule has 6 heteroatoms. The van der Waals surface area contributed by atoms with Crippen LogP contribution >= 0.6 is 0 Å². The molecule has 5 nitrogen and oxygen atoms in total. The average Bonchev–Trinajstić information content (AvgIpc) is 2.59. The quantitative estimate of drug-likeness (QED) is 0.713. The van der Waals surface area contributed by atoms with Crippen LogP contribution in [0.5, 0.6) is 0 Å². The predicted molar refractivity (Wildman–Crippen MR) is 106 cm³/mol. The van der Waals surface area contributed by atoms with Gasteiger partial charge in [-0.15, -0.1) is 0 Å². The smallest absolute Gasteiger partial charge is 0.228 e. The topological polar surface area (TPSA) is 57.7 Å². The molecule has 0 unspecified atom stereocenters. The first-order chi connectivity index (χ1) is 12.3. The van der Waals surface area contributed by atoms with Crippen LogP contribution in [-0.2, 0) is 21.4 Å². The molecule has 0 aliphatic heterocycles. The molecular weight excluding hydrogens is 348 g/mol. The molecule has 0 atom stereocenters. The summed E-state index contributed by atoms with van der Waals surface area (Å²) in [5.41, 5.74) is 2.82. The molecule has 1 amide bonds. The van der Waals surface area contributed by atoms with Crippen molar-refractivity contribution in [2.75, 3.05) is 24.2 Å². The minimum atomic E-state index is -3.41. The maximum Gasteiger partial charge on any atom is 0.228 e. The molecule has 2 aromatic rings. The van der Waals surface area contributed by atoms with E-state index in [4.69, 9.17) is 0 Å². The summed E-state index contributed by atoms with van der Waals surface area (Å²) in [6, 6.07) is 17.1. The zero-order chi connectivity index (χ0) is 19.2. The lowest BCUT2D eigenvalue weighted by molar-refractivity contribution is -0.118. The molecule has 0 aliphatic rings. The van der Waals surface area contributed by atoms with Crippen molar-refractivity contribution in [1.29, 1.82) is 0 Å². The van der Waals surface area contributed by atoms with E-state index in [-0.39, 0.29) is 25.4 Å². The molecule has 0 N–H and O–H groups in total. The first-order valence-electron chi connectivity index (χ1n) is 8.67. The lowest BCUT2D eigenvalue weighted by Crippen LogP contribution is -2.36. The van der Waals surface area contributed by atoms with E-state index in [9.17, 15) is 13.2 Å². The van der Waals surface area contributed by atoms with Crippen LogP contribution in [0.2, 0.25) is 0 Å². The summed E-state index contributed by atoms with van der Waals surface area (Å²) in [6.45, 7) is 4.85. The number of sulfonamides is 1. The fraction of sp³-hybridized carbons (Fsp3) is 0.350. The largest absolute Gasteiger partial charge is 0.313 e. The van der Waals surface area contributed by atoms with Crippen LogP contribution in [0, 0.1) is 6.92 Å². The van der Waals surface area contributed by atoms with Gasteiger partial charge in [-0.05, 0) is 31.5 Å². The van der Waals surface area contributed by atoms with Gasteiger partial charge < -0.3 is 4.90 Å². The first-order valence-corrected chi connectivity index (χ1v) is 10.5. The summed E-state index contributed by atoms with van der Waals surface area (Å²) in [6.07, 6.45) is 1.32. The summed E-state index contributed by atoms with van der Waals surface area (Å²) in [5, 5.41) is 0. The number of rotatable bonds is 8. The molecule has 0 aromatic heterocycles. The number of carbonyl (C=O) groups excluding carboxylic acids is 1. The Bertz CT molecular complexity index is 835. The minimum absolute atomic E-state index is 0.0865. The van der Waals surface area contributed by atoms with Crippen molar-refractivity contribution in [3.8, 4) is 0 Å². The molecule has 2 aromatic carbocycles. The molecule has 0 heterocycles. The summed E-state index contributed by atoms with van der Waals surface area (Å²) in [4.78, 5) is 14.3. The number of hydrogen-bond donors (Lipinski definition) is 0. The van der Waals surface area contributed by atoms with E-state index in [0.29, 0.717) is 6.54 Å². The third kappa shape index (κ3) is 5.68.